The first kappa shape index (κ1) is 35.2. The van der Waals surface area contributed by atoms with Crippen LogP contribution in [0, 0.1) is 6.92 Å². The van der Waals surface area contributed by atoms with Crippen LogP contribution in [0.25, 0.3) is 0 Å². The molecule has 0 spiro atoms. The van der Waals surface area contributed by atoms with Gasteiger partial charge in [0.2, 0.25) is 11.5 Å². The van der Waals surface area contributed by atoms with Crippen LogP contribution in [0.3, 0.4) is 0 Å². The maximum atomic E-state index is 14.5. The van der Waals surface area contributed by atoms with Crippen molar-refractivity contribution in [2.45, 2.75) is 44.0 Å². The average molecular weight is 708 g/mol. The average Bonchev–Trinajstić information content (AvgIpc) is 3.43. The van der Waals surface area contributed by atoms with E-state index in [1.807, 2.05) is 11.0 Å². The van der Waals surface area contributed by atoms with Crippen LogP contribution in [-0.2, 0) is 20.6 Å². The molecule has 4 heterocycles. The first-order chi connectivity index (χ1) is 24.3. The summed E-state index contributed by atoms with van der Waals surface area (Å²) >= 11 is 0. The van der Waals surface area contributed by atoms with Crippen LogP contribution in [-0.4, -0.2) is 95.4 Å². The highest BCUT2D eigenvalue weighted by molar-refractivity contribution is 6.07. The van der Waals surface area contributed by atoms with Crippen molar-refractivity contribution in [2.24, 2.45) is 0 Å². The van der Waals surface area contributed by atoms with Crippen LogP contribution >= 0.6 is 0 Å². The number of carbonyl (C=O) groups is 5. The van der Waals surface area contributed by atoms with Gasteiger partial charge in [-0.3, -0.25) is 29.5 Å². The molecule has 0 aliphatic carbocycles. The number of anilines is 2. The maximum absolute atomic E-state index is 14.5. The number of piperazine rings is 1. The molecule has 2 unspecified atom stereocenters. The van der Waals surface area contributed by atoms with Crippen LogP contribution in [0.1, 0.15) is 40.7 Å². The predicted molar refractivity (Wildman–Crippen MR) is 178 cm³/mol. The second-order valence-electron chi connectivity index (χ2n) is 12.7. The fourth-order valence-corrected chi connectivity index (χ4v) is 6.58. The van der Waals surface area contributed by atoms with Crippen LogP contribution in [0.2, 0.25) is 0 Å². The van der Waals surface area contributed by atoms with Gasteiger partial charge < -0.3 is 30.1 Å². The standard InChI is InChI=1S/C35H36F3N7O6/c1-22-11-13-39-20-25(22)31(48)45-14-4-12-34(21-45,51-24-9-7-23(8-10-24)35(36,37)38)32(49)44-17-15-43(16-18-44)28-6-3-2-5-26(28)40-29(46)19-27-30(47)42-33(50)41-27/h2-3,5-11,13,20,27H,4,12,14-19,21H2,1H3,(H,40,46)(H2,41,42,47,50). The predicted octanol–water partition coefficient (Wildman–Crippen LogP) is 3.35. The summed E-state index contributed by atoms with van der Waals surface area (Å²) in [6, 6.07) is 11.3. The third-order valence-electron chi connectivity index (χ3n) is 9.23. The number of halogens is 3. The second kappa shape index (κ2) is 14.3. The number of urea groups is 1. The number of amides is 6. The number of hydrogen-bond donors (Lipinski definition) is 3. The third-order valence-corrected chi connectivity index (χ3v) is 9.23. The molecule has 13 nitrogen and oxygen atoms in total. The van der Waals surface area contributed by atoms with Gasteiger partial charge in [0.25, 0.3) is 17.7 Å². The molecular formula is C35H36F3N7O6. The molecule has 6 amide bonds. The number of nitrogens with one attached hydrogen (secondary N) is 3. The van der Waals surface area contributed by atoms with Crippen molar-refractivity contribution in [3.05, 3.63) is 83.7 Å². The smallest absolute Gasteiger partial charge is 0.416 e. The lowest BCUT2D eigenvalue weighted by atomic mass is 9.89. The van der Waals surface area contributed by atoms with Gasteiger partial charge in [0.15, 0.2) is 0 Å². The number of alkyl halides is 3. The maximum Gasteiger partial charge on any atom is 0.416 e. The number of nitrogens with zero attached hydrogens (tertiary/aromatic N) is 4. The molecule has 0 saturated carbocycles. The monoisotopic (exact) mass is 707 g/mol. The van der Waals surface area contributed by atoms with E-state index in [0.29, 0.717) is 48.6 Å². The quantitative estimate of drug-likeness (QED) is 0.302. The highest BCUT2D eigenvalue weighted by atomic mass is 19.4. The van der Waals surface area contributed by atoms with Crippen molar-refractivity contribution in [1.82, 2.24) is 25.4 Å². The Labute approximate surface area is 291 Å². The summed E-state index contributed by atoms with van der Waals surface area (Å²) in [4.78, 5) is 73.5. The minimum atomic E-state index is -4.55. The highest BCUT2D eigenvalue weighted by Gasteiger charge is 2.49. The highest BCUT2D eigenvalue weighted by Crippen LogP contribution is 2.35. The first-order valence-corrected chi connectivity index (χ1v) is 16.4. The van der Waals surface area contributed by atoms with E-state index >= 15 is 0 Å². The Balaban J connectivity index is 1.19. The zero-order valence-corrected chi connectivity index (χ0v) is 27.7. The van der Waals surface area contributed by atoms with Gasteiger partial charge in [0.05, 0.1) is 35.5 Å². The van der Waals surface area contributed by atoms with Gasteiger partial charge >= 0.3 is 12.2 Å². The number of ether oxygens (including phenoxy) is 1. The lowest BCUT2D eigenvalue weighted by molar-refractivity contribution is -0.153. The first-order valence-electron chi connectivity index (χ1n) is 16.4. The van der Waals surface area contributed by atoms with Gasteiger partial charge in [-0.05, 0) is 67.8 Å². The van der Waals surface area contributed by atoms with Gasteiger partial charge in [-0.1, -0.05) is 12.1 Å². The zero-order valence-electron chi connectivity index (χ0n) is 27.7. The number of benzene rings is 2. The van der Waals surface area contributed by atoms with Crippen molar-refractivity contribution in [3.8, 4) is 5.75 Å². The molecule has 3 N–H and O–H groups in total. The van der Waals surface area contributed by atoms with E-state index in [-0.39, 0.29) is 50.0 Å². The van der Waals surface area contributed by atoms with Gasteiger partial charge in [0.1, 0.15) is 11.8 Å². The van der Waals surface area contributed by atoms with E-state index in [1.54, 1.807) is 42.3 Å². The number of rotatable bonds is 8. The number of para-hydroxylation sites is 2. The van der Waals surface area contributed by atoms with Crippen molar-refractivity contribution in [2.75, 3.05) is 49.5 Å². The summed E-state index contributed by atoms with van der Waals surface area (Å²) in [7, 11) is 0. The Bertz CT molecular complexity index is 1830. The van der Waals surface area contributed by atoms with Crippen LogP contribution in [0.5, 0.6) is 5.75 Å². The van der Waals surface area contributed by atoms with E-state index < -0.39 is 41.2 Å². The fraction of sp³-hybridized carbons (Fsp3) is 0.371. The zero-order chi connectivity index (χ0) is 36.3. The van der Waals surface area contributed by atoms with Gasteiger partial charge in [-0.25, -0.2) is 4.79 Å². The Kier molecular flexibility index (Phi) is 9.85. The second-order valence-corrected chi connectivity index (χ2v) is 12.7. The molecule has 0 radical (unpaired) electrons. The summed E-state index contributed by atoms with van der Waals surface area (Å²) in [5.74, 6) is -1.70. The Morgan fingerprint density at radius 3 is 2.37 bits per heavy atom. The molecule has 16 heteroatoms. The Morgan fingerprint density at radius 1 is 0.980 bits per heavy atom. The summed E-state index contributed by atoms with van der Waals surface area (Å²) in [6.45, 7) is 3.27. The van der Waals surface area contributed by atoms with Crippen LogP contribution in [0.4, 0.5) is 29.3 Å². The largest absolute Gasteiger partial charge is 0.476 e. The van der Waals surface area contributed by atoms with Gasteiger partial charge in [-0.15, -0.1) is 0 Å². The van der Waals surface area contributed by atoms with Gasteiger partial charge in [-0.2, -0.15) is 13.2 Å². The normalized spacial score (nSPS) is 20.8. The summed E-state index contributed by atoms with van der Waals surface area (Å²) in [6.07, 6.45) is -1.11. The summed E-state index contributed by atoms with van der Waals surface area (Å²) in [5.41, 5.74) is -0.155. The Hall–Kier alpha value is -5.67. The molecular weight excluding hydrogens is 671 g/mol. The molecule has 3 aliphatic rings. The number of aromatic nitrogens is 1. The number of likely N-dealkylation sites (tertiary alicyclic amines) is 1. The van der Waals surface area contributed by atoms with E-state index in [0.717, 1.165) is 12.1 Å². The SMILES string of the molecule is Cc1ccncc1C(=O)N1CCCC(Oc2ccc(C(F)(F)F)cc2)(C(=O)N2CCN(c3ccccc3NC(=O)CC3NC(=O)NC3=O)CC2)C1. The molecule has 2 atom stereocenters. The molecule has 6 rings (SSSR count). The van der Waals surface area contributed by atoms with Gasteiger partial charge in [0, 0.05) is 45.1 Å². The van der Waals surface area contributed by atoms with E-state index in [9.17, 15) is 37.1 Å². The van der Waals surface area contributed by atoms with Crippen molar-refractivity contribution in [3.63, 3.8) is 0 Å². The molecule has 3 fully saturated rings. The lowest BCUT2D eigenvalue weighted by Crippen LogP contribution is -2.64. The summed E-state index contributed by atoms with van der Waals surface area (Å²) in [5, 5.41) is 7.31. The lowest BCUT2D eigenvalue weighted by Gasteiger charge is -2.45. The number of hydrogen-bond acceptors (Lipinski definition) is 8. The molecule has 2 aromatic carbocycles. The molecule has 3 saturated heterocycles. The fourth-order valence-electron chi connectivity index (χ4n) is 6.58. The molecule has 0 bridgehead atoms. The molecule has 3 aliphatic heterocycles. The van der Waals surface area contributed by atoms with Crippen molar-refractivity contribution in [1.29, 1.82) is 0 Å². The van der Waals surface area contributed by atoms with Crippen LogP contribution in [0.15, 0.2) is 67.0 Å². The number of piperidine rings is 1. The minimum absolute atomic E-state index is 0.0705. The Morgan fingerprint density at radius 2 is 1.71 bits per heavy atom. The molecule has 51 heavy (non-hydrogen) atoms. The number of aryl methyl sites for hydroxylation is 1. The summed E-state index contributed by atoms with van der Waals surface area (Å²) < 4.78 is 46.2. The number of carbonyl (C=O) groups excluding carboxylic acids is 5. The van der Waals surface area contributed by atoms with E-state index in [1.165, 1.54) is 23.2 Å². The topological polar surface area (TPSA) is 153 Å². The molecule has 3 aromatic rings. The number of imide groups is 1. The molecule has 268 valence electrons. The number of pyridine rings is 1. The van der Waals surface area contributed by atoms with E-state index in [4.69, 9.17) is 4.74 Å². The van der Waals surface area contributed by atoms with Crippen molar-refractivity contribution >= 4 is 41.0 Å². The van der Waals surface area contributed by atoms with E-state index in [2.05, 4.69) is 20.9 Å². The van der Waals surface area contributed by atoms with Crippen molar-refractivity contribution < 1.29 is 41.9 Å². The van der Waals surface area contributed by atoms with Crippen LogP contribution < -0.4 is 25.6 Å². The minimum Gasteiger partial charge on any atom is -0.476 e. The molecule has 1 aromatic heterocycles. The third kappa shape index (κ3) is 7.74.